The smallest absolute Gasteiger partial charge is 0.0555 e. The monoisotopic (exact) mass is 1430 g/mol. The van der Waals surface area contributed by atoms with E-state index in [9.17, 15) is 0 Å². The number of para-hydroxylation sites is 2. The Balaban J connectivity index is 0.000000132. The van der Waals surface area contributed by atoms with Crippen molar-refractivity contribution in [1.29, 1.82) is 0 Å². The minimum absolute atomic E-state index is 1.16. The molecule has 0 saturated carbocycles. The van der Waals surface area contributed by atoms with Gasteiger partial charge in [-0.2, -0.15) is 0 Å². The molecule has 0 atom stereocenters. The van der Waals surface area contributed by atoms with Crippen LogP contribution in [0.25, 0.3) is 216 Å². The van der Waals surface area contributed by atoms with E-state index in [0.29, 0.717) is 0 Å². The molecule has 0 bridgehead atoms. The van der Waals surface area contributed by atoms with Crippen LogP contribution in [0.2, 0.25) is 0 Å². The van der Waals surface area contributed by atoms with Crippen molar-refractivity contribution in [3.63, 3.8) is 0 Å². The van der Waals surface area contributed by atoms with Gasteiger partial charge in [0.05, 0.1) is 55.5 Å². The lowest BCUT2D eigenvalue weighted by molar-refractivity contribution is 1.18. The second kappa shape index (κ2) is 24.9. The highest BCUT2D eigenvalue weighted by molar-refractivity contribution is 7.26. The lowest BCUT2D eigenvalue weighted by Crippen LogP contribution is -1.95. The van der Waals surface area contributed by atoms with Gasteiger partial charge < -0.3 is 18.3 Å². The van der Waals surface area contributed by atoms with Gasteiger partial charge in [0.1, 0.15) is 0 Å². The van der Waals surface area contributed by atoms with Crippen LogP contribution in [0.1, 0.15) is 0 Å². The van der Waals surface area contributed by atoms with Crippen molar-refractivity contribution in [2.24, 2.45) is 0 Å². The second-order valence-corrected chi connectivity index (χ2v) is 31.2. The summed E-state index contributed by atoms with van der Waals surface area (Å²) in [4.78, 5) is 0. The summed E-state index contributed by atoms with van der Waals surface area (Å²) in [5.41, 5.74) is 24.2. The average molecular weight is 1430 g/mol. The van der Waals surface area contributed by atoms with Crippen molar-refractivity contribution in [1.82, 2.24) is 18.3 Å². The summed E-state index contributed by atoms with van der Waals surface area (Å²) in [6.07, 6.45) is 0. The third-order valence-corrected chi connectivity index (χ3v) is 25.2. The van der Waals surface area contributed by atoms with E-state index >= 15 is 0 Å². The Morgan fingerprint density at radius 2 is 0.464 bits per heavy atom. The molecule has 24 aromatic rings. The fourth-order valence-electron chi connectivity index (χ4n) is 17.9. The van der Waals surface area contributed by atoms with Crippen LogP contribution in [0.5, 0.6) is 0 Å². The fourth-order valence-corrected chi connectivity index (χ4v) is 20.2. The molecule has 110 heavy (non-hydrogen) atoms. The van der Waals surface area contributed by atoms with Crippen LogP contribution in [-0.2, 0) is 0 Å². The Labute approximate surface area is 640 Å². The van der Waals surface area contributed by atoms with Gasteiger partial charge in [-0.3, -0.25) is 0 Å². The predicted molar refractivity (Wildman–Crippen MR) is 473 cm³/mol. The standard InChI is InChI=1S/2C52H32N2S/c1-2-12-33(13-3-1)35-16-10-17-38(28-35)53-47-21-8-6-19-40(47)42-29-36(24-26-48(42)53)37-25-27-49-43(30-37)44-32-52-45(41-20-7-9-23-51(41)55-52)31-50(44)54(49)46-22-11-15-34-14-4-5-18-39(34)46;1-2-12-33(13-3-1)35-16-10-17-38(28-35)53-47-21-8-6-19-40(47)42-29-36(24-26-48(42)53)37-25-27-49-43(30-37)44-31-45-41-20-7-9-23-51(41)55-52(45)32-50(44)54(49)46-22-11-15-34-14-4-5-18-39(34)46/h2*1-32H. The molecule has 0 aliphatic heterocycles. The normalized spacial score (nSPS) is 12.0. The molecule has 0 N–H and O–H groups in total. The van der Waals surface area contributed by atoms with Gasteiger partial charge in [0.2, 0.25) is 0 Å². The fraction of sp³-hybridized carbons (Fsp3) is 0. The number of benzene rings is 18. The van der Waals surface area contributed by atoms with Gasteiger partial charge in [0.15, 0.2) is 0 Å². The molecular formula is C104H64N4S2. The largest absolute Gasteiger partial charge is 0.309 e. The minimum atomic E-state index is 1.16. The Morgan fingerprint density at radius 1 is 0.145 bits per heavy atom. The third kappa shape index (κ3) is 9.83. The Bertz CT molecular complexity index is 7890. The van der Waals surface area contributed by atoms with Gasteiger partial charge in [-0.05, 0) is 189 Å². The minimum Gasteiger partial charge on any atom is -0.309 e. The first kappa shape index (κ1) is 62.3. The molecule has 512 valence electrons. The van der Waals surface area contributed by atoms with Gasteiger partial charge in [-0.15, -0.1) is 22.7 Å². The second-order valence-electron chi connectivity index (χ2n) is 29.1. The molecule has 6 heterocycles. The summed E-state index contributed by atoms with van der Waals surface area (Å²) in [6, 6.07) is 143. The molecule has 0 radical (unpaired) electrons. The van der Waals surface area contributed by atoms with Crippen molar-refractivity contribution in [3.8, 4) is 67.3 Å². The van der Waals surface area contributed by atoms with Crippen LogP contribution in [0.3, 0.4) is 0 Å². The number of hydrogen-bond acceptors (Lipinski definition) is 2. The molecule has 4 nitrogen and oxygen atoms in total. The SMILES string of the molecule is c1ccc(-c2cccc(-n3c4ccccc4c4cc(-c5ccc6c(c5)c5cc7c(cc5n6-c5cccc6ccccc56)sc5ccccc57)ccc43)c2)cc1.c1ccc(-c2cccc(-n3c4ccccc4c4cc(-c5ccc6c(c5)c5cc7sc8ccccc8c7cc5n6-c5cccc6ccccc56)ccc43)c2)cc1. The lowest BCUT2D eigenvalue weighted by Gasteiger charge is -2.12. The summed E-state index contributed by atoms with van der Waals surface area (Å²) < 4.78 is 15.1. The van der Waals surface area contributed by atoms with E-state index in [4.69, 9.17) is 0 Å². The van der Waals surface area contributed by atoms with E-state index in [0.717, 1.165) is 11.4 Å². The Kier molecular flexibility index (Phi) is 14.1. The average Bonchev–Trinajstić information content (AvgIpc) is 1.39. The first-order valence-corrected chi connectivity index (χ1v) is 39.3. The van der Waals surface area contributed by atoms with E-state index in [1.807, 2.05) is 22.7 Å². The van der Waals surface area contributed by atoms with Gasteiger partial charge in [0.25, 0.3) is 0 Å². The summed E-state index contributed by atoms with van der Waals surface area (Å²) in [6.45, 7) is 0. The molecule has 0 fully saturated rings. The van der Waals surface area contributed by atoms with Gasteiger partial charge in [0, 0.05) is 106 Å². The highest BCUT2D eigenvalue weighted by Crippen LogP contribution is 2.47. The number of nitrogens with zero attached hydrogens (tertiary/aromatic N) is 4. The summed E-state index contributed by atoms with van der Waals surface area (Å²) in [5, 5.41) is 20.4. The van der Waals surface area contributed by atoms with E-state index in [2.05, 4.69) is 407 Å². The quantitative estimate of drug-likeness (QED) is 0.144. The predicted octanol–water partition coefficient (Wildman–Crippen LogP) is 29.5. The Hall–Kier alpha value is -13.9. The first-order valence-electron chi connectivity index (χ1n) is 37.7. The highest BCUT2D eigenvalue weighted by atomic mass is 32.1. The van der Waals surface area contributed by atoms with E-state index in [-0.39, 0.29) is 0 Å². The van der Waals surface area contributed by atoms with E-state index in [1.165, 1.54) is 205 Å². The molecule has 0 amide bonds. The van der Waals surface area contributed by atoms with Crippen LogP contribution in [0, 0.1) is 0 Å². The molecule has 0 unspecified atom stereocenters. The molecule has 6 aromatic heterocycles. The van der Waals surface area contributed by atoms with Crippen molar-refractivity contribution in [2.45, 2.75) is 0 Å². The van der Waals surface area contributed by atoms with E-state index in [1.54, 1.807) is 0 Å². The van der Waals surface area contributed by atoms with Crippen LogP contribution in [0.15, 0.2) is 388 Å². The topological polar surface area (TPSA) is 19.7 Å². The van der Waals surface area contributed by atoms with Crippen LogP contribution < -0.4 is 0 Å². The van der Waals surface area contributed by atoms with Crippen molar-refractivity contribution < 1.29 is 0 Å². The first-order chi connectivity index (χ1) is 54.5. The summed E-state index contributed by atoms with van der Waals surface area (Å²) in [7, 11) is 0. The molecule has 0 aliphatic carbocycles. The maximum atomic E-state index is 2.49. The number of hydrogen-bond donors (Lipinski definition) is 0. The molecule has 0 aliphatic rings. The molecule has 0 saturated heterocycles. The summed E-state index contributed by atoms with van der Waals surface area (Å²) >= 11 is 3.76. The van der Waals surface area contributed by atoms with Gasteiger partial charge in [-0.25, -0.2) is 0 Å². The van der Waals surface area contributed by atoms with Crippen LogP contribution in [-0.4, -0.2) is 18.3 Å². The highest BCUT2D eigenvalue weighted by Gasteiger charge is 2.23. The van der Waals surface area contributed by atoms with Gasteiger partial charge >= 0.3 is 0 Å². The van der Waals surface area contributed by atoms with Crippen LogP contribution >= 0.6 is 22.7 Å². The summed E-state index contributed by atoms with van der Waals surface area (Å²) in [5.74, 6) is 0. The lowest BCUT2D eigenvalue weighted by atomic mass is 10.00. The molecule has 0 spiro atoms. The number of thiophene rings is 2. The number of rotatable bonds is 8. The van der Waals surface area contributed by atoms with Gasteiger partial charge in [-0.1, -0.05) is 255 Å². The molecular weight excluding hydrogens is 1370 g/mol. The number of fused-ring (bicyclic) bond motifs is 20. The van der Waals surface area contributed by atoms with Crippen molar-refractivity contribution >= 4 is 172 Å². The zero-order valence-corrected chi connectivity index (χ0v) is 61.2. The maximum Gasteiger partial charge on any atom is 0.0555 e. The Morgan fingerprint density at radius 3 is 0.945 bits per heavy atom. The van der Waals surface area contributed by atoms with E-state index < -0.39 is 0 Å². The third-order valence-electron chi connectivity index (χ3n) is 23.0. The zero-order chi connectivity index (χ0) is 72.1. The van der Waals surface area contributed by atoms with Crippen LogP contribution in [0.4, 0.5) is 0 Å². The molecule has 24 rings (SSSR count). The van der Waals surface area contributed by atoms with Crippen molar-refractivity contribution in [2.75, 3.05) is 0 Å². The zero-order valence-electron chi connectivity index (χ0n) is 59.6. The molecule has 18 aromatic carbocycles. The molecule has 6 heteroatoms. The number of aromatic nitrogens is 4. The maximum absolute atomic E-state index is 2.49. The van der Waals surface area contributed by atoms with Crippen molar-refractivity contribution in [3.05, 3.63) is 388 Å².